The highest BCUT2D eigenvalue weighted by molar-refractivity contribution is 6.31. The molecule has 0 aliphatic heterocycles. The van der Waals surface area contributed by atoms with Crippen LogP contribution in [0.15, 0.2) is 36.4 Å². The first kappa shape index (κ1) is 13.9. The molecule has 2 aromatic carbocycles. The van der Waals surface area contributed by atoms with Gasteiger partial charge in [-0.3, -0.25) is 0 Å². The van der Waals surface area contributed by atoms with Crippen LogP contribution in [-0.2, 0) is 6.54 Å². The van der Waals surface area contributed by atoms with Gasteiger partial charge in [-0.15, -0.1) is 0 Å². The maximum Gasteiger partial charge on any atom is 0.146 e. The summed E-state index contributed by atoms with van der Waals surface area (Å²) >= 11 is 6.08. The van der Waals surface area contributed by atoms with E-state index in [0.29, 0.717) is 5.02 Å². The van der Waals surface area contributed by atoms with Gasteiger partial charge >= 0.3 is 0 Å². The van der Waals surface area contributed by atoms with Crippen molar-refractivity contribution in [2.45, 2.75) is 19.9 Å². The van der Waals surface area contributed by atoms with Crippen LogP contribution < -0.4 is 5.73 Å². The van der Waals surface area contributed by atoms with Crippen LogP contribution in [0.25, 0.3) is 22.4 Å². The number of imidazole rings is 1. The molecule has 3 nitrogen and oxygen atoms in total. The molecule has 1 aromatic heterocycles. The van der Waals surface area contributed by atoms with E-state index < -0.39 is 5.82 Å². The minimum Gasteiger partial charge on any atom is -0.396 e. The molecular weight excluding hydrogens is 289 g/mol. The monoisotopic (exact) mass is 303 g/mol. The molecule has 2 N–H and O–H groups in total. The molecule has 0 aliphatic rings. The molecule has 0 aliphatic carbocycles. The number of aryl methyl sites for hydroxylation is 1. The Morgan fingerprint density at radius 2 is 2.05 bits per heavy atom. The van der Waals surface area contributed by atoms with Crippen LogP contribution in [0.5, 0.6) is 0 Å². The van der Waals surface area contributed by atoms with Gasteiger partial charge in [0, 0.05) is 17.1 Å². The van der Waals surface area contributed by atoms with Crippen LogP contribution in [-0.4, -0.2) is 9.55 Å². The Morgan fingerprint density at radius 1 is 1.24 bits per heavy atom. The second kappa shape index (κ2) is 5.37. The molecule has 0 radical (unpaired) electrons. The Labute approximate surface area is 127 Å². The minimum atomic E-state index is -0.417. The summed E-state index contributed by atoms with van der Waals surface area (Å²) in [6, 6.07) is 10.3. The van der Waals surface area contributed by atoms with Crippen molar-refractivity contribution < 1.29 is 4.39 Å². The third kappa shape index (κ3) is 2.47. The summed E-state index contributed by atoms with van der Waals surface area (Å²) in [6.45, 7) is 2.91. The highest BCUT2D eigenvalue weighted by atomic mass is 35.5. The molecule has 0 saturated carbocycles. The number of fused-ring (bicyclic) bond motifs is 1. The second-order valence-corrected chi connectivity index (χ2v) is 5.39. The van der Waals surface area contributed by atoms with E-state index in [4.69, 9.17) is 17.3 Å². The molecule has 0 bridgehead atoms. The van der Waals surface area contributed by atoms with E-state index in [2.05, 4.69) is 16.5 Å². The van der Waals surface area contributed by atoms with Crippen LogP contribution in [0.1, 0.15) is 13.3 Å². The SMILES string of the molecule is CCCn1c(-c2ccc(F)c(N)c2)nc2ccc(Cl)cc21. The number of nitrogens with two attached hydrogens (primary N) is 1. The number of nitrogens with zero attached hydrogens (tertiary/aromatic N) is 2. The average molecular weight is 304 g/mol. The first-order valence-corrected chi connectivity index (χ1v) is 7.19. The smallest absolute Gasteiger partial charge is 0.146 e. The van der Waals surface area contributed by atoms with E-state index >= 15 is 0 Å². The normalized spacial score (nSPS) is 11.2. The summed E-state index contributed by atoms with van der Waals surface area (Å²) < 4.78 is 15.4. The van der Waals surface area contributed by atoms with Gasteiger partial charge in [0.2, 0.25) is 0 Å². The molecule has 1 heterocycles. The number of aromatic nitrogens is 2. The lowest BCUT2D eigenvalue weighted by Crippen LogP contribution is -2.00. The van der Waals surface area contributed by atoms with Crippen molar-refractivity contribution in [2.24, 2.45) is 0 Å². The number of hydrogen-bond donors (Lipinski definition) is 1. The van der Waals surface area contributed by atoms with Gasteiger partial charge in [0.25, 0.3) is 0 Å². The Bertz CT molecular complexity index is 811. The van der Waals surface area contributed by atoms with Crippen molar-refractivity contribution in [1.82, 2.24) is 9.55 Å². The molecule has 0 amide bonds. The Hall–Kier alpha value is -2.07. The van der Waals surface area contributed by atoms with Gasteiger partial charge in [-0.2, -0.15) is 0 Å². The molecule has 0 fully saturated rings. The fourth-order valence-electron chi connectivity index (χ4n) is 2.45. The predicted octanol–water partition coefficient (Wildman–Crippen LogP) is 4.49. The summed E-state index contributed by atoms with van der Waals surface area (Å²) in [6.07, 6.45) is 0.960. The number of nitrogen functional groups attached to an aromatic ring is 1. The summed E-state index contributed by atoms with van der Waals surface area (Å²) in [7, 11) is 0. The van der Waals surface area contributed by atoms with Gasteiger partial charge in [0.1, 0.15) is 11.6 Å². The Kier molecular flexibility index (Phi) is 3.55. The van der Waals surface area contributed by atoms with Gasteiger partial charge in [-0.25, -0.2) is 9.37 Å². The van der Waals surface area contributed by atoms with Gasteiger partial charge in [-0.1, -0.05) is 18.5 Å². The maximum absolute atomic E-state index is 13.4. The molecule has 108 valence electrons. The molecule has 0 saturated heterocycles. The first-order valence-electron chi connectivity index (χ1n) is 6.81. The van der Waals surface area contributed by atoms with Crippen molar-refractivity contribution >= 4 is 28.3 Å². The van der Waals surface area contributed by atoms with Crippen LogP contribution in [0.3, 0.4) is 0 Å². The lowest BCUT2D eigenvalue weighted by atomic mass is 10.2. The van der Waals surface area contributed by atoms with E-state index in [9.17, 15) is 4.39 Å². The summed E-state index contributed by atoms with van der Waals surface area (Å²) in [4.78, 5) is 4.64. The molecule has 3 rings (SSSR count). The van der Waals surface area contributed by atoms with E-state index in [0.717, 1.165) is 35.4 Å². The Balaban J connectivity index is 2.25. The van der Waals surface area contributed by atoms with Crippen LogP contribution in [0, 0.1) is 5.82 Å². The third-order valence-electron chi connectivity index (χ3n) is 3.41. The van der Waals surface area contributed by atoms with Gasteiger partial charge in [0.15, 0.2) is 0 Å². The van der Waals surface area contributed by atoms with Crippen LogP contribution in [0.4, 0.5) is 10.1 Å². The largest absolute Gasteiger partial charge is 0.396 e. The zero-order valence-electron chi connectivity index (χ0n) is 11.6. The quantitative estimate of drug-likeness (QED) is 0.725. The van der Waals surface area contributed by atoms with Crippen LogP contribution in [0.2, 0.25) is 5.02 Å². The van der Waals surface area contributed by atoms with E-state index in [1.54, 1.807) is 12.1 Å². The van der Waals surface area contributed by atoms with Crippen molar-refractivity contribution in [3.8, 4) is 11.4 Å². The van der Waals surface area contributed by atoms with Gasteiger partial charge < -0.3 is 10.3 Å². The van der Waals surface area contributed by atoms with Gasteiger partial charge in [-0.05, 0) is 42.8 Å². The van der Waals surface area contributed by atoms with Crippen molar-refractivity contribution in [1.29, 1.82) is 0 Å². The molecule has 5 heteroatoms. The number of rotatable bonds is 3. The zero-order chi connectivity index (χ0) is 15.0. The lowest BCUT2D eigenvalue weighted by molar-refractivity contribution is 0.632. The average Bonchev–Trinajstić information content (AvgIpc) is 2.81. The predicted molar refractivity (Wildman–Crippen MR) is 84.8 cm³/mol. The summed E-state index contributed by atoms with van der Waals surface area (Å²) in [5.74, 6) is 0.362. The zero-order valence-corrected chi connectivity index (χ0v) is 12.4. The maximum atomic E-state index is 13.4. The van der Waals surface area contributed by atoms with Crippen molar-refractivity contribution in [3.05, 3.63) is 47.2 Å². The lowest BCUT2D eigenvalue weighted by Gasteiger charge is -2.08. The summed E-state index contributed by atoms with van der Waals surface area (Å²) in [5, 5.41) is 0.671. The number of benzene rings is 2. The molecule has 3 aromatic rings. The van der Waals surface area contributed by atoms with Crippen molar-refractivity contribution in [3.63, 3.8) is 0 Å². The first-order chi connectivity index (χ1) is 10.1. The number of anilines is 1. The fourth-order valence-corrected chi connectivity index (χ4v) is 2.62. The second-order valence-electron chi connectivity index (χ2n) is 4.96. The Morgan fingerprint density at radius 3 is 2.76 bits per heavy atom. The highest BCUT2D eigenvalue weighted by Gasteiger charge is 2.13. The van der Waals surface area contributed by atoms with Gasteiger partial charge in [0.05, 0.1) is 16.7 Å². The minimum absolute atomic E-state index is 0.126. The highest BCUT2D eigenvalue weighted by Crippen LogP contribution is 2.28. The molecule has 21 heavy (non-hydrogen) atoms. The number of halogens is 2. The topological polar surface area (TPSA) is 43.8 Å². The molecule has 0 unspecified atom stereocenters. The van der Waals surface area contributed by atoms with E-state index in [-0.39, 0.29) is 5.69 Å². The van der Waals surface area contributed by atoms with E-state index in [1.807, 2.05) is 18.2 Å². The van der Waals surface area contributed by atoms with Crippen molar-refractivity contribution in [2.75, 3.05) is 5.73 Å². The molecule has 0 atom stereocenters. The third-order valence-corrected chi connectivity index (χ3v) is 3.65. The standard InChI is InChI=1S/C16H15ClFN3/c1-2-7-21-15-9-11(17)4-6-14(15)20-16(21)10-3-5-12(18)13(19)8-10/h3-6,8-9H,2,7,19H2,1H3. The fraction of sp³-hybridized carbons (Fsp3) is 0.188. The molecular formula is C16H15ClFN3. The molecule has 0 spiro atoms. The van der Waals surface area contributed by atoms with Crippen LogP contribution >= 0.6 is 11.6 Å². The van der Waals surface area contributed by atoms with E-state index in [1.165, 1.54) is 6.07 Å². The summed E-state index contributed by atoms with van der Waals surface area (Å²) in [5.41, 5.74) is 8.43. The number of hydrogen-bond acceptors (Lipinski definition) is 2.